The van der Waals surface area contributed by atoms with Crippen molar-refractivity contribution < 1.29 is 9.53 Å². The SMILES string of the molecule is COc1ccc(-c2cnc(SCC(=O)Nc3nc(C)cs3)n2-c2ccc(C)cc2)cc1. The molecule has 6 nitrogen and oxygen atoms in total. The number of carbonyl (C=O) groups is 1. The summed E-state index contributed by atoms with van der Waals surface area (Å²) in [4.78, 5) is 21.3. The number of aryl methyl sites for hydroxylation is 2. The maximum atomic E-state index is 12.4. The van der Waals surface area contributed by atoms with Crippen molar-refractivity contribution in [3.63, 3.8) is 0 Å². The minimum absolute atomic E-state index is 0.108. The number of ether oxygens (including phenoxy) is 1. The molecule has 8 heteroatoms. The molecule has 2 heterocycles. The molecule has 158 valence electrons. The maximum Gasteiger partial charge on any atom is 0.236 e. The zero-order valence-corrected chi connectivity index (χ0v) is 19.1. The van der Waals surface area contributed by atoms with Crippen LogP contribution in [0.1, 0.15) is 11.3 Å². The van der Waals surface area contributed by atoms with E-state index in [1.807, 2.05) is 42.8 Å². The van der Waals surface area contributed by atoms with Crippen LogP contribution in [-0.4, -0.2) is 33.3 Å². The van der Waals surface area contributed by atoms with Crippen LogP contribution in [0.15, 0.2) is 65.3 Å². The van der Waals surface area contributed by atoms with Gasteiger partial charge in [-0.3, -0.25) is 9.36 Å². The van der Waals surface area contributed by atoms with Gasteiger partial charge in [0.25, 0.3) is 0 Å². The summed E-state index contributed by atoms with van der Waals surface area (Å²) in [6, 6.07) is 16.1. The Balaban J connectivity index is 1.61. The van der Waals surface area contributed by atoms with Gasteiger partial charge in [-0.2, -0.15) is 0 Å². The second-order valence-electron chi connectivity index (χ2n) is 6.96. The second kappa shape index (κ2) is 9.36. The van der Waals surface area contributed by atoms with E-state index >= 15 is 0 Å². The van der Waals surface area contributed by atoms with Crippen molar-refractivity contribution in [1.29, 1.82) is 0 Å². The molecule has 2 aromatic heterocycles. The monoisotopic (exact) mass is 450 g/mol. The highest BCUT2D eigenvalue weighted by Gasteiger charge is 2.16. The number of imidazole rings is 1. The smallest absolute Gasteiger partial charge is 0.236 e. The highest BCUT2D eigenvalue weighted by Crippen LogP contribution is 2.31. The first-order chi connectivity index (χ1) is 15.0. The number of thiazole rings is 1. The first kappa shape index (κ1) is 21.1. The minimum Gasteiger partial charge on any atom is -0.497 e. The quantitative estimate of drug-likeness (QED) is 0.384. The molecule has 2 aromatic carbocycles. The Hall–Kier alpha value is -3.10. The number of nitrogens with zero attached hydrogens (tertiary/aromatic N) is 3. The molecular weight excluding hydrogens is 428 g/mol. The normalized spacial score (nSPS) is 10.8. The van der Waals surface area contributed by atoms with Gasteiger partial charge in [0.1, 0.15) is 5.75 Å². The standard InChI is InChI=1S/C23H22N4O2S2/c1-15-4-8-18(9-5-15)27-20(17-6-10-19(29-3)11-7-17)12-24-23(27)31-14-21(28)26-22-25-16(2)13-30-22/h4-13H,14H2,1-3H3,(H,25,26,28). The minimum atomic E-state index is -0.108. The largest absolute Gasteiger partial charge is 0.497 e. The fourth-order valence-corrected chi connectivity index (χ4v) is 4.54. The van der Waals surface area contributed by atoms with E-state index in [-0.39, 0.29) is 11.7 Å². The fraction of sp³-hybridized carbons (Fsp3) is 0.174. The van der Waals surface area contributed by atoms with Crippen LogP contribution in [0.25, 0.3) is 16.9 Å². The lowest BCUT2D eigenvalue weighted by Crippen LogP contribution is -2.14. The van der Waals surface area contributed by atoms with Gasteiger partial charge < -0.3 is 10.1 Å². The Labute approximate surface area is 189 Å². The molecular formula is C23H22N4O2S2. The van der Waals surface area contributed by atoms with Crippen LogP contribution >= 0.6 is 23.1 Å². The average molecular weight is 451 g/mol. The molecule has 1 N–H and O–H groups in total. The average Bonchev–Trinajstić information content (AvgIpc) is 3.39. The molecule has 0 bridgehead atoms. The number of carbonyl (C=O) groups excluding carboxylic acids is 1. The summed E-state index contributed by atoms with van der Waals surface area (Å²) < 4.78 is 7.35. The number of methoxy groups -OCH3 is 1. The van der Waals surface area contributed by atoms with Gasteiger partial charge in [-0.15, -0.1) is 11.3 Å². The van der Waals surface area contributed by atoms with E-state index in [1.165, 1.54) is 28.7 Å². The third-order valence-electron chi connectivity index (χ3n) is 4.61. The molecule has 0 atom stereocenters. The number of amides is 1. The van der Waals surface area contributed by atoms with E-state index in [1.54, 1.807) is 7.11 Å². The molecule has 0 aliphatic carbocycles. The molecule has 4 rings (SSSR count). The van der Waals surface area contributed by atoms with Gasteiger partial charge in [-0.25, -0.2) is 9.97 Å². The van der Waals surface area contributed by atoms with E-state index in [4.69, 9.17) is 4.74 Å². The van der Waals surface area contributed by atoms with Gasteiger partial charge >= 0.3 is 0 Å². The number of thioether (sulfide) groups is 1. The van der Waals surface area contributed by atoms with Gasteiger partial charge in [-0.1, -0.05) is 29.5 Å². The number of hydrogen-bond donors (Lipinski definition) is 1. The van der Waals surface area contributed by atoms with E-state index in [2.05, 4.69) is 51.0 Å². The summed E-state index contributed by atoms with van der Waals surface area (Å²) in [5, 5.41) is 6.12. The molecule has 0 aliphatic rings. The highest BCUT2D eigenvalue weighted by molar-refractivity contribution is 7.99. The lowest BCUT2D eigenvalue weighted by atomic mass is 10.1. The van der Waals surface area contributed by atoms with Crippen LogP contribution in [-0.2, 0) is 4.79 Å². The van der Waals surface area contributed by atoms with Crippen molar-refractivity contribution >= 4 is 34.1 Å². The van der Waals surface area contributed by atoms with Crippen LogP contribution in [0.2, 0.25) is 0 Å². The summed E-state index contributed by atoms with van der Waals surface area (Å²) in [6.45, 7) is 3.96. The van der Waals surface area contributed by atoms with Crippen molar-refractivity contribution in [2.45, 2.75) is 19.0 Å². The van der Waals surface area contributed by atoms with Crippen molar-refractivity contribution in [3.8, 4) is 22.7 Å². The van der Waals surface area contributed by atoms with E-state index in [0.29, 0.717) is 5.13 Å². The number of aromatic nitrogens is 3. The first-order valence-corrected chi connectivity index (χ1v) is 11.5. The number of rotatable bonds is 7. The third-order valence-corrected chi connectivity index (χ3v) is 6.43. The molecule has 0 spiro atoms. The summed E-state index contributed by atoms with van der Waals surface area (Å²) in [7, 11) is 1.65. The summed E-state index contributed by atoms with van der Waals surface area (Å²) in [6.07, 6.45) is 1.84. The van der Waals surface area contributed by atoms with Crippen LogP contribution in [0.5, 0.6) is 5.75 Å². The van der Waals surface area contributed by atoms with Crippen LogP contribution < -0.4 is 10.1 Å². The molecule has 0 saturated heterocycles. The van der Waals surface area contributed by atoms with Crippen LogP contribution in [0.3, 0.4) is 0 Å². The van der Waals surface area contributed by atoms with E-state index < -0.39 is 0 Å². The molecule has 0 fully saturated rings. The number of nitrogens with one attached hydrogen (secondary N) is 1. The Morgan fingerprint density at radius 2 is 1.87 bits per heavy atom. The number of benzene rings is 2. The van der Waals surface area contributed by atoms with Crippen LogP contribution in [0, 0.1) is 13.8 Å². The summed E-state index contributed by atoms with van der Waals surface area (Å²) in [5.74, 6) is 0.932. The Bertz CT molecular complexity index is 1180. The van der Waals surface area contributed by atoms with Gasteiger partial charge in [-0.05, 0) is 50.2 Å². The zero-order valence-electron chi connectivity index (χ0n) is 17.5. The first-order valence-electron chi connectivity index (χ1n) is 9.67. The predicted octanol–water partition coefficient (Wildman–Crippen LogP) is 5.35. The van der Waals surface area contributed by atoms with E-state index in [0.717, 1.165) is 33.5 Å². The van der Waals surface area contributed by atoms with Crippen molar-refractivity contribution in [3.05, 3.63) is 71.4 Å². The molecule has 31 heavy (non-hydrogen) atoms. The molecule has 1 amide bonds. The second-order valence-corrected chi connectivity index (χ2v) is 8.76. The summed E-state index contributed by atoms with van der Waals surface area (Å²) >= 11 is 2.82. The Morgan fingerprint density at radius 1 is 1.13 bits per heavy atom. The predicted molar refractivity (Wildman–Crippen MR) is 126 cm³/mol. The lowest BCUT2D eigenvalue weighted by molar-refractivity contribution is -0.113. The summed E-state index contributed by atoms with van der Waals surface area (Å²) in [5.41, 5.74) is 5.04. The van der Waals surface area contributed by atoms with Crippen molar-refractivity contribution in [2.24, 2.45) is 0 Å². The maximum absolute atomic E-state index is 12.4. The molecule has 0 saturated carbocycles. The van der Waals surface area contributed by atoms with Gasteiger partial charge in [0.15, 0.2) is 10.3 Å². The van der Waals surface area contributed by atoms with Gasteiger partial charge in [0.2, 0.25) is 5.91 Å². The fourth-order valence-electron chi connectivity index (χ4n) is 3.04. The molecule has 0 aliphatic heterocycles. The molecule has 0 unspecified atom stereocenters. The Kier molecular flexibility index (Phi) is 6.39. The number of hydrogen-bond acceptors (Lipinski definition) is 6. The molecule has 4 aromatic rings. The zero-order chi connectivity index (χ0) is 21.8. The van der Waals surface area contributed by atoms with Crippen LogP contribution in [0.4, 0.5) is 5.13 Å². The van der Waals surface area contributed by atoms with Crippen molar-refractivity contribution in [1.82, 2.24) is 14.5 Å². The van der Waals surface area contributed by atoms with Gasteiger partial charge in [0.05, 0.1) is 30.4 Å². The van der Waals surface area contributed by atoms with Crippen molar-refractivity contribution in [2.75, 3.05) is 18.2 Å². The third kappa shape index (κ3) is 4.98. The van der Waals surface area contributed by atoms with E-state index in [9.17, 15) is 4.79 Å². The molecule has 0 radical (unpaired) electrons. The number of anilines is 1. The topological polar surface area (TPSA) is 69.0 Å². The Morgan fingerprint density at radius 3 is 2.52 bits per heavy atom. The van der Waals surface area contributed by atoms with Gasteiger partial charge in [0, 0.05) is 16.6 Å². The lowest BCUT2D eigenvalue weighted by Gasteiger charge is -2.13. The highest BCUT2D eigenvalue weighted by atomic mass is 32.2.